The van der Waals surface area contributed by atoms with Crippen LogP contribution in [0.4, 0.5) is 0 Å². The number of nitrogens with one attached hydrogen (secondary N) is 2. The van der Waals surface area contributed by atoms with Gasteiger partial charge in [-0.2, -0.15) is 0 Å². The van der Waals surface area contributed by atoms with Gasteiger partial charge in [0.2, 0.25) is 5.91 Å². The highest BCUT2D eigenvalue weighted by Crippen LogP contribution is 2.16. The molecule has 2 N–H and O–H groups in total. The molecule has 2 aliphatic heterocycles. The number of fused-ring (bicyclic) bond motifs is 1. The van der Waals surface area contributed by atoms with E-state index in [9.17, 15) is 4.79 Å². The summed E-state index contributed by atoms with van der Waals surface area (Å²) in [6.07, 6.45) is 0.858. The molecule has 2 unspecified atom stereocenters. The van der Waals surface area contributed by atoms with Gasteiger partial charge >= 0.3 is 0 Å². The Morgan fingerprint density at radius 1 is 1.41 bits per heavy atom. The molecule has 1 aromatic rings. The topological polar surface area (TPSA) is 53.6 Å². The van der Waals surface area contributed by atoms with Gasteiger partial charge in [0.1, 0.15) is 0 Å². The molecule has 1 saturated heterocycles. The molecule has 122 valence electrons. The zero-order chi connectivity index (χ0) is 14.7. The smallest absolute Gasteiger partial charge is 0.237 e. The quantitative estimate of drug-likeness (QED) is 0.853. The minimum Gasteiger partial charge on any atom is -0.374 e. The van der Waals surface area contributed by atoms with E-state index in [-0.39, 0.29) is 30.5 Å². The van der Waals surface area contributed by atoms with Crippen LogP contribution in [0.3, 0.4) is 0 Å². The molecule has 0 bridgehead atoms. The van der Waals surface area contributed by atoms with E-state index in [1.165, 1.54) is 11.1 Å². The number of morpholine rings is 1. The van der Waals surface area contributed by atoms with E-state index >= 15 is 0 Å². The molecular formula is C16H24ClN3O2. The summed E-state index contributed by atoms with van der Waals surface area (Å²) >= 11 is 0. The fraction of sp³-hybridized carbons (Fsp3) is 0.562. The van der Waals surface area contributed by atoms with Crippen LogP contribution in [0.1, 0.15) is 11.1 Å². The lowest BCUT2D eigenvalue weighted by Gasteiger charge is -2.31. The second-order valence-corrected chi connectivity index (χ2v) is 5.91. The highest BCUT2D eigenvalue weighted by atomic mass is 35.5. The fourth-order valence-corrected chi connectivity index (χ4v) is 2.97. The Morgan fingerprint density at radius 2 is 2.18 bits per heavy atom. The number of hydrogen-bond donors (Lipinski definition) is 2. The molecule has 22 heavy (non-hydrogen) atoms. The molecule has 1 aromatic carbocycles. The van der Waals surface area contributed by atoms with Crippen molar-refractivity contribution in [3.63, 3.8) is 0 Å². The van der Waals surface area contributed by atoms with Crippen LogP contribution < -0.4 is 10.6 Å². The van der Waals surface area contributed by atoms with Crippen molar-refractivity contribution < 1.29 is 9.53 Å². The van der Waals surface area contributed by atoms with Crippen LogP contribution in [0.5, 0.6) is 0 Å². The Bertz CT molecular complexity index is 512. The number of rotatable bonds is 3. The van der Waals surface area contributed by atoms with Gasteiger partial charge in [0.25, 0.3) is 0 Å². The van der Waals surface area contributed by atoms with Gasteiger partial charge in [-0.25, -0.2) is 0 Å². The van der Waals surface area contributed by atoms with Crippen LogP contribution >= 0.6 is 12.4 Å². The van der Waals surface area contributed by atoms with Gasteiger partial charge in [0.05, 0.1) is 18.8 Å². The van der Waals surface area contributed by atoms with Crippen molar-refractivity contribution >= 4 is 18.3 Å². The Morgan fingerprint density at radius 3 is 2.95 bits per heavy atom. The van der Waals surface area contributed by atoms with E-state index in [1.54, 1.807) is 0 Å². The van der Waals surface area contributed by atoms with E-state index in [2.05, 4.69) is 34.7 Å². The lowest BCUT2D eigenvalue weighted by atomic mass is 9.95. The third kappa shape index (κ3) is 4.20. The van der Waals surface area contributed by atoms with Gasteiger partial charge in [0.15, 0.2) is 0 Å². The third-order valence-corrected chi connectivity index (χ3v) is 4.24. The summed E-state index contributed by atoms with van der Waals surface area (Å²) in [4.78, 5) is 14.5. The van der Waals surface area contributed by atoms with Gasteiger partial charge < -0.3 is 20.3 Å². The summed E-state index contributed by atoms with van der Waals surface area (Å²) in [6, 6.07) is 8.15. The summed E-state index contributed by atoms with van der Waals surface area (Å²) < 4.78 is 5.67. The van der Waals surface area contributed by atoms with Crippen molar-refractivity contribution in [1.29, 1.82) is 0 Å². The van der Waals surface area contributed by atoms with Crippen LogP contribution in [0.2, 0.25) is 0 Å². The highest BCUT2D eigenvalue weighted by Gasteiger charge is 2.25. The molecule has 0 radical (unpaired) electrons. The zero-order valence-corrected chi connectivity index (χ0v) is 13.7. The summed E-state index contributed by atoms with van der Waals surface area (Å²) in [6.45, 7) is 3.93. The van der Waals surface area contributed by atoms with Gasteiger partial charge in [-0.1, -0.05) is 24.3 Å². The van der Waals surface area contributed by atoms with Crippen LogP contribution in [0, 0.1) is 0 Å². The lowest BCUT2D eigenvalue weighted by molar-refractivity contribution is -0.124. The number of benzene rings is 1. The second-order valence-electron chi connectivity index (χ2n) is 5.91. The van der Waals surface area contributed by atoms with E-state index in [1.807, 2.05) is 12.1 Å². The van der Waals surface area contributed by atoms with E-state index in [4.69, 9.17) is 4.74 Å². The number of nitrogens with zero attached hydrogens (tertiary/aromatic N) is 1. The number of carbonyl (C=O) groups excluding carboxylic acids is 1. The third-order valence-electron chi connectivity index (χ3n) is 4.24. The van der Waals surface area contributed by atoms with Crippen molar-refractivity contribution in [2.24, 2.45) is 0 Å². The molecule has 2 heterocycles. The minimum atomic E-state index is -0.138. The second kappa shape index (κ2) is 7.92. The van der Waals surface area contributed by atoms with Crippen molar-refractivity contribution in [3.8, 4) is 0 Å². The lowest BCUT2D eigenvalue weighted by Crippen LogP contribution is -2.51. The Labute approximate surface area is 137 Å². The normalized spacial score (nSPS) is 25.0. The minimum absolute atomic E-state index is 0. The molecule has 2 aliphatic rings. The number of amides is 1. The number of hydrogen-bond acceptors (Lipinski definition) is 4. The molecule has 5 nitrogen and oxygen atoms in total. The first-order valence-corrected chi connectivity index (χ1v) is 7.60. The number of likely N-dealkylation sites (N-methyl/N-ethyl adjacent to an activating group) is 1. The van der Waals surface area contributed by atoms with Crippen LogP contribution in [0.15, 0.2) is 24.3 Å². The number of carbonyl (C=O) groups is 1. The molecule has 0 spiro atoms. The fourth-order valence-electron chi connectivity index (χ4n) is 2.97. The van der Waals surface area contributed by atoms with Crippen LogP contribution in [0.25, 0.3) is 0 Å². The molecule has 0 aromatic heterocycles. The largest absolute Gasteiger partial charge is 0.374 e. The van der Waals surface area contributed by atoms with Crippen molar-refractivity contribution in [3.05, 3.63) is 35.4 Å². The van der Waals surface area contributed by atoms with Crippen molar-refractivity contribution in [2.45, 2.75) is 25.1 Å². The summed E-state index contributed by atoms with van der Waals surface area (Å²) in [7, 11) is 2.08. The molecule has 2 atom stereocenters. The van der Waals surface area contributed by atoms with Crippen molar-refractivity contribution in [2.75, 3.05) is 33.3 Å². The highest BCUT2D eigenvalue weighted by molar-refractivity contribution is 5.85. The zero-order valence-electron chi connectivity index (χ0n) is 12.9. The maximum atomic E-state index is 12.3. The summed E-state index contributed by atoms with van der Waals surface area (Å²) in [5.41, 5.74) is 2.56. The molecular weight excluding hydrogens is 302 g/mol. The van der Waals surface area contributed by atoms with Gasteiger partial charge in [-0.05, 0) is 24.6 Å². The molecule has 3 rings (SSSR count). The number of halogens is 1. The molecule has 1 fully saturated rings. The van der Waals surface area contributed by atoms with Gasteiger partial charge in [-0.15, -0.1) is 12.4 Å². The average Bonchev–Trinajstić information content (AvgIpc) is 2.52. The Kier molecular flexibility index (Phi) is 6.20. The van der Waals surface area contributed by atoms with E-state index < -0.39 is 0 Å². The number of ether oxygens (including phenoxy) is 1. The molecule has 1 amide bonds. The standard InChI is InChI=1S/C16H23N3O2.ClH/c1-19-6-7-21-14(11-19)10-18-16(20)15-8-12-4-2-3-5-13(12)9-17-15;/h2-5,14-15,17H,6-11H2,1H3,(H,18,20);1H. The van der Waals surface area contributed by atoms with Crippen molar-refractivity contribution in [1.82, 2.24) is 15.5 Å². The molecule has 6 heteroatoms. The summed E-state index contributed by atoms with van der Waals surface area (Å²) in [5.74, 6) is 0.0707. The monoisotopic (exact) mass is 325 g/mol. The first kappa shape index (κ1) is 17.2. The van der Waals surface area contributed by atoms with Gasteiger partial charge in [-0.3, -0.25) is 4.79 Å². The predicted molar refractivity (Wildman–Crippen MR) is 88.3 cm³/mol. The maximum absolute atomic E-state index is 12.3. The Balaban J connectivity index is 0.00000176. The first-order chi connectivity index (χ1) is 10.2. The first-order valence-electron chi connectivity index (χ1n) is 7.60. The average molecular weight is 326 g/mol. The summed E-state index contributed by atoms with van der Waals surface area (Å²) in [5, 5.41) is 6.33. The SMILES string of the molecule is CN1CCOC(CNC(=O)C2Cc3ccccc3CN2)C1.Cl. The molecule has 0 aliphatic carbocycles. The van der Waals surface area contributed by atoms with E-state index in [0.29, 0.717) is 6.54 Å². The van der Waals surface area contributed by atoms with Gasteiger partial charge in [0, 0.05) is 26.2 Å². The predicted octanol–water partition coefficient (Wildman–Crippen LogP) is 0.570. The van der Waals surface area contributed by atoms with E-state index in [0.717, 1.165) is 32.7 Å². The van der Waals surface area contributed by atoms with Crippen LogP contribution in [-0.4, -0.2) is 56.2 Å². The Hall–Kier alpha value is -1.14. The maximum Gasteiger partial charge on any atom is 0.237 e. The van der Waals surface area contributed by atoms with Crippen LogP contribution in [-0.2, 0) is 22.5 Å². The molecule has 0 saturated carbocycles.